The summed E-state index contributed by atoms with van der Waals surface area (Å²) in [6.45, 7) is 1.32. The summed E-state index contributed by atoms with van der Waals surface area (Å²) in [6, 6.07) is 7.66. The highest BCUT2D eigenvalue weighted by Crippen LogP contribution is 2.30. The lowest BCUT2D eigenvalue weighted by atomic mass is 9.95. The van der Waals surface area contributed by atoms with E-state index in [-0.39, 0.29) is 12.0 Å². The van der Waals surface area contributed by atoms with E-state index in [1.165, 1.54) is 0 Å². The van der Waals surface area contributed by atoms with Crippen LogP contribution in [0.15, 0.2) is 28.8 Å². The summed E-state index contributed by atoms with van der Waals surface area (Å²) in [5.41, 5.74) is 1.99. The average molecular weight is 356 g/mol. The van der Waals surface area contributed by atoms with Gasteiger partial charge in [0, 0.05) is 31.5 Å². The summed E-state index contributed by atoms with van der Waals surface area (Å²) in [7, 11) is 1.64. The van der Waals surface area contributed by atoms with Crippen LogP contribution < -0.4 is 9.47 Å². The first-order chi connectivity index (χ1) is 12.8. The number of rotatable bonds is 4. The number of hydrogen-bond donors (Lipinski definition) is 0. The predicted molar refractivity (Wildman–Crippen MR) is 95.7 cm³/mol. The molecule has 0 bridgehead atoms. The fourth-order valence-electron chi connectivity index (χ4n) is 3.77. The lowest BCUT2D eigenvalue weighted by molar-refractivity contribution is 0.0552. The summed E-state index contributed by atoms with van der Waals surface area (Å²) in [5.74, 6) is 1.91. The Morgan fingerprint density at radius 2 is 1.88 bits per heavy atom. The van der Waals surface area contributed by atoms with Crippen LogP contribution in [0.2, 0.25) is 0 Å². The van der Waals surface area contributed by atoms with Gasteiger partial charge in [0.25, 0.3) is 5.91 Å². The van der Waals surface area contributed by atoms with Crippen molar-refractivity contribution in [1.29, 1.82) is 0 Å². The molecule has 6 heteroatoms. The zero-order chi connectivity index (χ0) is 17.9. The third-order valence-electron chi connectivity index (χ3n) is 5.25. The first kappa shape index (κ1) is 16.9. The van der Waals surface area contributed by atoms with Crippen LogP contribution in [0.1, 0.15) is 47.5 Å². The van der Waals surface area contributed by atoms with Crippen LogP contribution in [-0.2, 0) is 12.8 Å². The molecule has 4 rings (SSSR count). The standard InChI is InChI=1S/C20H24N2O4/c1-24-17-8-4-5-9-18(17)25-14-10-12-22(13-11-14)20(23)19-15-6-2-3-7-16(15)21-26-19/h4-5,8-9,14H,2-3,6-7,10-13H2,1H3. The molecule has 1 aromatic heterocycles. The number of ether oxygens (including phenoxy) is 2. The maximum absolute atomic E-state index is 12.8. The second-order valence-electron chi connectivity index (χ2n) is 6.90. The minimum atomic E-state index is -0.0311. The van der Waals surface area contributed by atoms with Crippen molar-refractivity contribution in [3.8, 4) is 11.5 Å². The lowest BCUT2D eigenvalue weighted by Crippen LogP contribution is -2.42. The highest BCUT2D eigenvalue weighted by molar-refractivity contribution is 5.93. The Morgan fingerprint density at radius 1 is 1.15 bits per heavy atom. The van der Waals surface area contributed by atoms with Crippen LogP contribution >= 0.6 is 0 Å². The number of methoxy groups -OCH3 is 1. The van der Waals surface area contributed by atoms with Crippen LogP contribution in [0.5, 0.6) is 11.5 Å². The number of aryl methyl sites for hydroxylation is 1. The van der Waals surface area contributed by atoms with E-state index in [0.717, 1.165) is 61.3 Å². The fourth-order valence-corrected chi connectivity index (χ4v) is 3.77. The Bertz CT molecular complexity index is 778. The SMILES string of the molecule is COc1ccccc1OC1CCN(C(=O)c2onc3c2CCCC3)CC1. The molecule has 26 heavy (non-hydrogen) atoms. The van der Waals surface area contributed by atoms with E-state index >= 15 is 0 Å². The maximum Gasteiger partial charge on any atom is 0.292 e. The molecule has 0 spiro atoms. The number of carbonyl (C=O) groups excluding carboxylic acids is 1. The monoisotopic (exact) mass is 356 g/mol. The highest BCUT2D eigenvalue weighted by atomic mass is 16.5. The zero-order valence-electron chi connectivity index (χ0n) is 15.1. The van der Waals surface area contributed by atoms with Gasteiger partial charge in [0.05, 0.1) is 12.8 Å². The zero-order valence-corrected chi connectivity index (χ0v) is 15.1. The number of benzene rings is 1. The van der Waals surface area contributed by atoms with Crippen LogP contribution in [-0.4, -0.2) is 42.3 Å². The Labute approximate surface area is 153 Å². The Hall–Kier alpha value is -2.50. The largest absolute Gasteiger partial charge is 0.493 e. The van der Waals surface area contributed by atoms with Crippen molar-refractivity contribution < 1.29 is 18.8 Å². The average Bonchev–Trinajstić information content (AvgIpc) is 3.12. The van der Waals surface area contributed by atoms with E-state index in [0.29, 0.717) is 18.8 Å². The van der Waals surface area contributed by atoms with Gasteiger partial charge in [0.1, 0.15) is 6.10 Å². The van der Waals surface area contributed by atoms with E-state index in [2.05, 4.69) is 5.16 Å². The van der Waals surface area contributed by atoms with Crippen LogP contribution in [0.3, 0.4) is 0 Å². The van der Waals surface area contributed by atoms with Crippen molar-refractivity contribution in [3.63, 3.8) is 0 Å². The highest BCUT2D eigenvalue weighted by Gasteiger charge is 2.31. The molecule has 1 amide bonds. The van der Waals surface area contributed by atoms with Crippen molar-refractivity contribution in [3.05, 3.63) is 41.3 Å². The van der Waals surface area contributed by atoms with Crippen molar-refractivity contribution in [2.45, 2.75) is 44.6 Å². The molecule has 6 nitrogen and oxygen atoms in total. The third kappa shape index (κ3) is 3.28. The number of nitrogens with zero attached hydrogens (tertiary/aromatic N) is 2. The number of fused-ring (bicyclic) bond motifs is 1. The molecule has 2 heterocycles. The predicted octanol–water partition coefficient (Wildman–Crippen LogP) is 3.25. The number of carbonyl (C=O) groups is 1. The van der Waals surface area contributed by atoms with Crippen LogP contribution in [0.25, 0.3) is 0 Å². The number of aromatic nitrogens is 1. The number of hydrogen-bond acceptors (Lipinski definition) is 5. The van der Waals surface area contributed by atoms with E-state index in [4.69, 9.17) is 14.0 Å². The number of amides is 1. The van der Waals surface area contributed by atoms with Gasteiger partial charge in [-0.05, 0) is 37.8 Å². The second-order valence-corrected chi connectivity index (χ2v) is 6.90. The summed E-state index contributed by atoms with van der Waals surface area (Å²) in [6.07, 6.45) is 5.70. The Balaban J connectivity index is 1.37. The fraction of sp³-hybridized carbons (Fsp3) is 0.500. The van der Waals surface area contributed by atoms with Gasteiger partial charge in [0.15, 0.2) is 11.5 Å². The first-order valence-corrected chi connectivity index (χ1v) is 9.32. The van der Waals surface area contributed by atoms with Crippen LogP contribution in [0, 0.1) is 0 Å². The molecule has 0 radical (unpaired) electrons. The molecule has 1 fully saturated rings. The Morgan fingerprint density at radius 3 is 2.65 bits per heavy atom. The molecule has 2 aliphatic rings. The quantitative estimate of drug-likeness (QED) is 0.841. The Kier molecular flexibility index (Phi) is 4.82. The van der Waals surface area contributed by atoms with E-state index < -0.39 is 0 Å². The van der Waals surface area contributed by atoms with Gasteiger partial charge in [-0.1, -0.05) is 17.3 Å². The molecular weight excluding hydrogens is 332 g/mol. The molecular formula is C20H24N2O4. The summed E-state index contributed by atoms with van der Waals surface area (Å²) >= 11 is 0. The van der Waals surface area contributed by atoms with Gasteiger partial charge in [0.2, 0.25) is 5.76 Å². The van der Waals surface area contributed by atoms with Crippen molar-refractivity contribution in [2.75, 3.05) is 20.2 Å². The van der Waals surface area contributed by atoms with Gasteiger partial charge in [-0.15, -0.1) is 0 Å². The normalized spacial score (nSPS) is 17.7. The number of likely N-dealkylation sites (tertiary alicyclic amines) is 1. The van der Waals surface area contributed by atoms with E-state index in [1.807, 2.05) is 29.2 Å². The lowest BCUT2D eigenvalue weighted by Gasteiger charge is -2.32. The van der Waals surface area contributed by atoms with Gasteiger partial charge in [-0.2, -0.15) is 0 Å². The van der Waals surface area contributed by atoms with Gasteiger partial charge >= 0.3 is 0 Å². The molecule has 1 aliphatic heterocycles. The van der Waals surface area contributed by atoms with E-state index in [1.54, 1.807) is 7.11 Å². The smallest absolute Gasteiger partial charge is 0.292 e. The summed E-state index contributed by atoms with van der Waals surface area (Å²) in [4.78, 5) is 14.7. The summed E-state index contributed by atoms with van der Waals surface area (Å²) in [5, 5.41) is 4.10. The summed E-state index contributed by atoms with van der Waals surface area (Å²) < 4.78 is 16.8. The number of piperidine rings is 1. The maximum atomic E-state index is 12.8. The minimum absolute atomic E-state index is 0.0311. The van der Waals surface area contributed by atoms with Crippen LogP contribution in [0.4, 0.5) is 0 Å². The molecule has 0 N–H and O–H groups in total. The molecule has 2 aromatic rings. The van der Waals surface area contributed by atoms with Gasteiger partial charge in [-0.3, -0.25) is 4.79 Å². The van der Waals surface area contributed by atoms with Crippen molar-refractivity contribution in [2.24, 2.45) is 0 Å². The van der Waals surface area contributed by atoms with Gasteiger partial charge in [-0.25, -0.2) is 0 Å². The minimum Gasteiger partial charge on any atom is -0.493 e. The molecule has 1 aromatic carbocycles. The van der Waals surface area contributed by atoms with Crippen molar-refractivity contribution in [1.82, 2.24) is 10.1 Å². The second kappa shape index (κ2) is 7.40. The van der Waals surface area contributed by atoms with Crippen molar-refractivity contribution >= 4 is 5.91 Å². The molecule has 0 unspecified atom stereocenters. The molecule has 1 aliphatic carbocycles. The third-order valence-corrected chi connectivity index (χ3v) is 5.25. The topological polar surface area (TPSA) is 64.8 Å². The first-order valence-electron chi connectivity index (χ1n) is 9.32. The molecule has 0 saturated carbocycles. The molecule has 1 saturated heterocycles. The number of para-hydroxylation sites is 2. The van der Waals surface area contributed by atoms with E-state index in [9.17, 15) is 4.79 Å². The molecule has 0 atom stereocenters. The molecule has 138 valence electrons. The van der Waals surface area contributed by atoms with Gasteiger partial charge < -0.3 is 18.9 Å².